The van der Waals surface area contributed by atoms with E-state index < -0.39 is 0 Å². The molecule has 2 aliphatic heterocycles. The van der Waals surface area contributed by atoms with Gasteiger partial charge < -0.3 is 24.6 Å². The summed E-state index contributed by atoms with van der Waals surface area (Å²) in [6, 6.07) is 16.5. The fourth-order valence-corrected chi connectivity index (χ4v) is 4.05. The van der Waals surface area contributed by atoms with Gasteiger partial charge in [0.25, 0.3) is 0 Å². The van der Waals surface area contributed by atoms with Crippen molar-refractivity contribution >= 4 is 11.4 Å². The molecule has 0 aliphatic carbocycles. The van der Waals surface area contributed by atoms with Crippen molar-refractivity contribution < 1.29 is 9.47 Å². The summed E-state index contributed by atoms with van der Waals surface area (Å²) in [5.74, 6) is 1.87. The quantitative estimate of drug-likeness (QED) is 0.786. The molecule has 5 heteroatoms. The van der Waals surface area contributed by atoms with E-state index in [2.05, 4.69) is 53.5 Å². The Kier molecular flexibility index (Phi) is 6.57. The first-order chi connectivity index (χ1) is 14.1. The topological polar surface area (TPSA) is 37.0 Å². The third-order valence-electron chi connectivity index (χ3n) is 5.89. The molecule has 0 amide bonds. The molecule has 1 N–H and O–H groups in total. The molecule has 2 fully saturated rings. The Morgan fingerprint density at radius 3 is 1.52 bits per heavy atom. The molecular formula is C24H33N3O2. The number of anilines is 2. The van der Waals surface area contributed by atoms with E-state index in [1.165, 1.54) is 0 Å². The highest BCUT2D eigenvalue weighted by Crippen LogP contribution is 2.27. The molecule has 2 saturated heterocycles. The first-order valence-electron chi connectivity index (χ1n) is 10.8. The second-order valence-corrected chi connectivity index (χ2v) is 8.42. The summed E-state index contributed by atoms with van der Waals surface area (Å²) in [6.07, 6.45) is 4.98. The maximum atomic E-state index is 6.22. The number of hydrogen-bond acceptors (Lipinski definition) is 5. The fourth-order valence-electron chi connectivity index (χ4n) is 4.05. The maximum absolute atomic E-state index is 6.22. The lowest BCUT2D eigenvalue weighted by atomic mass is 10.1. The zero-order valence-corrected chi connectivity index (χ0v) is 17.6. The minimum absolute atomic E-state index is 0.313. The second kappa shape index (κ2) is 9.51. The Hall–Kier alpha value is -2.24. The van der Waals surface area contributed by atoms with E-state index in [9.17, 15) is 0 Å². The number of benzene rings is 2. The number of nitrogens with zero attached hydrogens (tertiary/aromatic N) is 2. The van der Waals surface area contributed by atoms with Gasteiger partial charge in [-0.25, -0.2) is 0 Å². The summed E-state index contributed by atoms with van der Waals surface area (Å²) in [5, 5.41) is 3.50. The number of hydrogen-bond donors (Lipinski definition) is 1. The lowest BCUT2D eigenvalue weighted by Crippen LogP contribution is -2.35. The Labute approximate surface area is 174 Å². The van der Waals surface area contributed by atoms with Crippen molar-refractivity contribution in [1.29, 1.82) is 0 Å². The Morgan fingerprint density at radius 1 is 0.690 bits per heavy atom. The number of rotatable bonds is 6. The van der Waals surface area contributed by atoms with Gasteiger partial charge in [0.1, 0.15) is 23.7 Å². The van der Waals surface area contributed by atoms with E-state index in [0.717, 1.165) is 74.7 Å². The first-order valence-corrected chi connectivity index (χ1v) is 10.8. The highest BCUT2D eigenvalue weighted by molar-refractivity contribution is 5.62. The Morgan fingerprint density at radius 2 is 1.10 bits per heavy atom. The molecule has 0 spiro atoms. The third kappa shape index (κ3) is 5.87. The molecule has 0 aromatic heterocycles. The molecule has 0 saturated carbocycles. The molecule has 0 radical (unpaired) electrons. The van der Waals surface area contributed by atoms with Gasteiger partial charge in [0.05, 0.1) is 0 Å². The molecule has 2 aromatic rings. The van der Waals surface area contributed by atoms with E-state index >= 15 is 0 Å². The average molecular weight is 396 g/mol. The average Bonchev–Trinajstić information content (AvgIpc) is 2.72. The number of nitrogens with one attached hydrogen (secondary N) is 1. The molecule has 0 atom stereocenters. The van der Waals surface area contributed by atoms with Gasteiger partial charge in [-0.15, -0.1) is 0 Å². The minimum Gasteiger partial charge on any atom is -0.490 e. The van der Waals surface area contributed by atoms with Gasteiger partial charge in [-0.2, -0.15) is 0 Å². The molecule has 5 nitrogen and oxygen atoms in total. The number of piperidine rings is 2. The molecular weight excluding hydrogens is 362 g/mol. The summed E-state index contributed by atoms with van der Waals surface area (Å²) in [7, 11) is 4.34. The van der Waals surface area contributed by atoms with Crippen LogP contribution in [0, 0.1) is 0 Å². The van der Waals surface area contributed by atoms with Crippen molar-refractivity contribution in [3.8, 4) is 11.5 Å². The van der Waals surface area contributed by atoms with Crippen LogP contribution in [0.15, 0.2) is 48.5 Å². The zero-order chi connectivity index (χ0) is 20.1. The normalized spacial score (nSPS) is 19.8. The van der Waals surface area contributed by atoms with Crippen molar-refractivity contribution in [2.24, 2.45) is 0 Å². The van der Waals surface area contributed by atoms with Crippen LogP contribution < -0.4 is 14.8 Å². The lowest BCUT2D eigenvalue weighted by Gasteiger charge is -2.29. The largest absolute Gasteiger partial charge is 0.490 e. The Bertz CT molecular complexity index is 716. The molecule has 2 aliphatic rings. The van der Waals surface area contributed by atoms with Crippen LogP contribution in [0.2, 0.25) is 0 Å². The van der Waals surface area contributed by atoms with Gasteiger partial charge in [0, 0.05) is 49.7 Å². The van der Waals surface area contributed by atoms with Crippen LogP contribution in [-0.4, -0.2) is 62.3 Å². The van der Waals surface area contributed by atoms with Gasteiger partial charge >= 0.3 is 0 Å². The van der Waals surface area contributed by atoms with Crippen LogP contribution in [0.5, 0.6) is 11.5 Å². The summed E-state index contributed by atoms with van der Waals surface area (Å²) >= 11 is 0. The van der Waals surface area contributed by atoms with Crippen LogP contribution in [-0.2, 0) is 0 Å². The third-order valence-corrected chi connectivity index (χ3v) is 5.89. The van der Waals surface area contributed by atoms with Gasteiger partial charge in [-0.3, -0.25) is 0 Å². The predicted octanol–water partition coefficient (Wildman–Crippen LogP) is 4.38. The van der Waals surface area contributed by atoms with Gasteiger partial charge in [0.15, 0.2) is 0 Å². The predicted molar refractivity (Wildman–Crippen MR) is 118 cm³/mol. The van der Waals surface area contributed by atoms with Crippen LogP contribution in [0.3, 0.4) is 0 Å². The standard InChI is InChI=1S/C24H33N3O2/c1-26-13-9-21(10-14-26)28-23-7-3-5-19(17-23)25-20-6-4-8-24(18-20)29-22-11-15-27(2)16-12-22/h3-8,17-18,21-22,25H,9-16H2,1-2H3. The van der Waals surface area contributed by atoms with E-state index in [1.54, 1.807) is 0 Å². The summed E-state index contributed by atoms with van der Waals surface area (Å²) in [6.45, 7) is 4.42. The van der Waals surface area contributed by atoms with E-state index in [4.69, 9.17) is 9.47 Å². The smallest absolute Gasteiger partial charge is 0.121 e. The molecule has 0 bridgehead atoms. The van der Waals surface area contributed by atoms with Gasteiger partial charge in [-0.1, -0.05) is 12.1 Å². The van der Waals surface area contributed by atoms with Crippen LogP contribution >= 0.6 is 0 Å². The van der Waals surface area contributed by atoms with E-state index in [-0.39, 0.29) is 0 Å². The monoisotopic (exact) mass is 395 g/mol. The van der Waals surface area contributed by atoms with Crippen LogP contribution in [0.4, 0.5) is 11.4 Å². The van der Waals surface area contributed by atoms with Crippen molar-refractivity contribution in [3.63, 3.8) is 0 Å². The SMILES string of the molecule is CN1CCC(Oc2cccc(Nc3cccc(OC4CCN(C)CC4)c3)c2)CC1. The van der Waals surface area contributed by atoms with Crippen molar-refractivity contribution in [2.75, 3.05) is 45.6 Å². The van der Waals surface area contributed by atoms with Crippen molar-refractivity contribution in [2.45, 2.75) is 37.9 Å². The Balaban J connectivity index is 1.35. The number of likely N-dealkylation sites (tertiary alicyclic amines) is 2. The molecule has 29 heavy (non-hydrogen) atoms. The van der Waals surface area contributed by atoms with Crippen molar-refractivity contribution in [3.05, 3.63) is 48.5 Å². The van der Waals surface area contributed by atoms with Crippen LogP contribution in [0.1, 0.15) is 25.7 Å². The minimum atomic E-state index is 0.313. The molecule has 2 heterocycles. The molecule has 2 aromatic carbocycles. The maximum Gasteiger partial charge on any atom is 0.121 e. The highest BCUT2D eigenvalue weighted by Gasteiger charge is 2.19. The summed E-state index contributed by atoms with van der Waals surface area (Å²) < 4.78 is 12.4. The molecule has 0 unspecified atom stereocenters. The lowest BCUT2D eigenvalue weighted by molar-refractivity contribution is 0.114. The first kappa shape index (κ1) is 20.0. The zero-order valence-electron chi connectivity index (χ0n) is 17.6. The molecule has 4 rings (SSSR count). The molecule has 156 valence electrons. The fraction of sp³-hybridized carbons (Fsp3) is 0.500. The highest BCUT2D eigenvalue weighted by atomic mass is 16.5. The van der Waals surface area contributed by atoms with Crippen molar-refractivity contribution in [1.82, 2.24) is 9.80 Å². The summed E-state index contributed by atoms with van der Waals surface area (Å²) in [5.41, 5.74) is 2.07. The van der Waals surface area contributed by atoms with Crippen LogP contribution in [0.25, 0.3) is 0 Å². The number of ether oxygens (including phenoxy) is 2. The summed E-state index contributed by atoms with van der Waals surface area (Å²) in [4.78, 5) is 4.72. The van der Waals surface area contributed by atoms with E-state index in [1.807, 2.05) is 24.3 Å². The second-order valence-electron chi connectivity index (χ2n) is 8.42. The van der Waals surface area contributed by atoms with Gasteiger partial charge in [0.2, 0.25) is 0 Å². The van der Waals surface area contributed by atoms with E-state index in [0.29, 0.717) is 12.2 Å². The van der Waals surface area contributed by atoms with Gasteiger partial charge in [-0.05, 0) is 64.0 Å².